The minimum Gasteiger partial charge on any atom is -0.369 e. The maximum absolute atomic E-state index is 5.62. The van der Waals surface area contributed by atoms with Crippen molar-refractivity contribution in [3.05, 3.63) is 28.5 Å². The molecular formula is C8H10N4S. The van der Waals surface area contributed by atoms with Crippen molar-refractivity contribution < 1.29 is 0 Å². The van der Waals surface area contributed by atoms with Crippen molar-refractivity contribution in [1.82, 2.24) is 14.5 Å². The van der Waals surface area contributed by atoms with Gasteiger partial charge in [-0.05, 0) is 6.92 Å². The molecule has 0 aromatic carbocycles. The van der Waals surface area contributed by atoms with E-state index in [1.54, 1.807) is 17.5 Å². The monoisotopic (exact) mass is 194 g/mol. The number of nitrogens with two attached hydrogens (primary N) is 1. The van der Waals surface area contributed by atoms with Crippen LogP contribution in [-0.4, -0.2) is 14.5 Å². The van der Waals surface area contributed by atoms with Crippen LogP contribution in [-0.2, 0) is 6.54 Å². The smallest absolute Gasteiger partial charge is 0.200 e. The topological polar surface area (TPSA) is 56.7 Å². The van der Waals surface area contributed by atoms with E-state index >= 15 is 0 Å². The lowest BCUT2D eigenvalue weighted by molar-refractivity contribution is 0.801. The zero-order chi connectivity index (χ0) is 9.26. The minimum atomic E-state index is 0.535. The number of nitrogen functional groups attached to an aromatic ring is 1. The Labute approximate surface area is 80.1 Å². The second-order valence-electron chi connectivity index (χ2n) is 2.80. The van der Waals surface area contributed by atoms with Gasteiger partial charge in [0.05, 0.1) is 6.54 Å². The first kappa shape index (κ1) is 8.25. The van der Waals surface area contributed by atoms with Crippen LogP contribution < -0.4 is 5.73 Å². The minimum absolute atomic E-state index is 0.535. The maximum Gasteiger partial charge on any atom is 0.200 e. The Morgan fingerprint density at radius 2 is 2.46 bits per heavy atom. The summed E-state index contributed by atoms with van der Waals surface area (Å²) in [5.41, 5.74) is 6.68. The number of nitrogens with zero attached hydrogens (tertiary/aromatic N) is 3. The molecule has 68 valence electrons. The Morgan fingerprint density at radius 3 is 3.00 bits per heavy atom. The van der Waals surface area contributed by atoms with Gasteiger partial charge in [-0.2, -0.15) is 0 Å². The summed E-state index contributed by atoms with van der Waals surface area (Å²) in [4.78, 5) is 8.28. The van der Waals surface area contributed by atoms with Gasteiger partial charge in [0.2, 0.25) is 0 Å². The van der Waals surface area contributed by atoms with Crippen molar-refractivity contribution in [3.63, 3.8) is 0 Å². The number of thiazole rings is 1. The average molecular weight is 194 g/mol. The van der Waals surface area contributed by atoms with Gasteiger partial charge in [-0.15, -0.1) is 11.3 Å². The molecule has 5 heteroatoms. The van der Waals surface area contributed by atoms with Gasteiger partial charge in [0.1, 0.15) is 5.01 Å². The van der Waals surface area contributed by atoms with Crippen molar-refractivity contribution in [2.24, 2.45) is 0 Å². The molecule has 2 aromatic rings. The molecule has 0 aliphatic carbocycles. The lowest BCUT2D eigenvalue weighted by atomic mass is 10.5. The van der Waals surface area contributed by atoms with Gasteiger partial charge in [-0.3, -0.25) is 0 Å². The predicted molar refractivity (Wildman–Crippen MR) is 52.6 cm³/mol. The molecule has 2 heterocycles. The van der Waals surface area contributed by atoms with Gasteiger partial charge in [-0.25, -0.2) is 9.97 Å². The van der Waals surface area contributed by atoms with Crippen molar-refractivity contribution in [2.45, 2.75) is 13.5 Å². The summed E-state index contributed by atoms with van der Waals surface area (Å²) in [5, 5.41) is 3.09. The lowest BCUT2D eigenvalue weighted by Crippen LogP contribution is -2.03. The Kier molecular flexibility index (Phi) is 2.02. The fourth-order valence-electron chi connectivity index (χ4n) is 1.10. The number of hydrogen-bond donors (Lipinski definition) is 1. The van der Waals surface area contributed by atoms with Crippen LogP contribution in [0.25, 0.3) is 0 Å². The third-order valence-corrected chi connectivity index (χ3v) is 2.67. The lowest BCUT2D eigenvalue weighted by Gasteiger charge is -1.99. The maximum atomic E-state index is 5.62. The summed E-state index contributed by atoms with van der Waals surface area (Å²) < 4.78 is 1.87. The molecule has 0 amide bonds. The van der Waals surface area contributed by atoms with Crippen molar-refractivity contribution in [1.29, 1.82) is 0 Å². The Hall–Kier alpha value is -1.36. The molecule has 0 atom stereocenters. The van der Waals surface area contributed by atoms with Gasteiger partial charge in [0.15, 0.2) is 5.95 Å². The molecule has 0 bridgehead atoms. The van der Waals surface area contributed by atoms with Crippen LogP contribution in [0.3, 0.4) is 0 Å². The summed E-state index contributed by atoms with van der Waals surface area (Å²) >= 11 is 1.64. The molecule has 0 fully saturated rings. The summed E-state index contributed by atoms with van der Waals surface area (Å²) in [6.45, 7) is 2.70. The van der Waals surface area contributed by atoms with Crippen LogP contribution in [0.15, 0.2) is 17.8 Å². The largest absolute Gasteiger partial charge is 0.369 e. The van der Waals surface area contributed by atoms with E-state index in [-0.39, 0.29) is 0 Å². The quantitative estimate of drug-likeness (QED) is 0.783. The van der Waals surface area contributed by atoms with Crippen LogP contribution >= 0.6 is 11.3 Å². The number of aromatic nitrogens is 3. The molecule has 0 saturated carbocycles. The van der Waals surface area contributed by atoms with Crippen molar-refractivity contribution >= 4 is 17.3 Å². The number of anilines is 1. The van der Waals surface area contributed by atoms with E-state index in [9.17, 15) is 0 Å². The highest BCUT2D eigenvalue weighted by Gasteiger charge is 2.02. The van der Waals surface area contributed by atoms with Crippen LogP contribution in [0.2, 0.25) is 0 Å². The van der Waals surface area contributed by atoms with Crippen LogP contribution in [0.1, 0.15) is 10.7 Å². The number of hydrogen-bond acceptors (Lipinski definition) is 4. The van der Waals surface area contributed by atoms with E-state index in [4.69, 9.17) is 5.73 Å². The molecule has 13 heavy (non-hydrogen) atoms. The molecule has 0 aliphatic rings. The molecule has 4 nitrogen and oxygen atoms in total. The molecule has 0 aliphatic heterocycles. The second kappa shape index (κ2) is 3.18. The zero-order valence-electron chi connectivity index (χ0n) is 7.27. The number of aryl methyl sites for hydroxylation is 1. The van der Waals surface area contributed by atoms with Crippen molar-refractivity contribution in [3.8, 4) is 0 Å². The van der Waals surface area contributed by atoms with Gasteiger partial charge in [0, 0.05) is 23.5 Å². The molecule has 0 unspecified atom stereocenters. The van der Waals surface area contributed by atoms with E-state index in [0.29, 0.717) is 12.5 Å². The highest BCUT2D eigenvalue weighted by molar-refractivity contribution is 7.09. The van der Waals surface area contributed by atoms with Crippen LogP contribution in [0.5, 0.6) is 0 Å². The average Bonchev–Trinajstić information content (AvgIpc) is 2.64. The molecular weight excluding hydrogens is 184 g/mol. The SMILES string of the molecule is Cc1csc(Cn2ccnc2N)n1. The molecule has 2 aromatic heterocycles. The van der Waals surface area contributed by atoms with E-state index < -0.39 is 0 Å². The third kappa shape index (κ3) is 1.70. The Bertz CT molecular complexity index is 404. The summed E-state index contributed by atoms with van der Waals surface area (Å²) in [7, 11) is 0. The highest BCUT2D eigenvalue weighted by Crippen LogP contribution is 2.11. The van der Waals surface area contributed by atoms with E-state index in [0.717, 1.165) is 10.7 Å². The normalized spacial score (nSPS) is 10.5. The van der Waals surface area contributed by atoms with Gasteiger partial charge in [0.25, 0.3) is 0 Å². The molecule has 2 N–H and O–H groups in total. The summed E-state index contributed by atoms with van der Waals surface area (Å²) in [6.07, 6.45) is 3.54. The van der Waals surface area contributed by atoms with E-state index in [1.165, 1.54) is 0 Å². The fourth-order valence-corrected chi connectivity index (χ4v) is 1.87. The van der Waals surface area contributed by atoms with Crippen LogP contribution in [0, 0.1) is 6.92 Å². The van der Waals surface area contributed by atoms with Crippen molar-refractivity contribution in [2.75, 3.05) is 5.73 Å². The van der Waals surface area contributed by atoms with Gasteiger partial charge in [-0.1, -0.05) is 0 Å². The molecule has 0 radical (unpaired) electrons. The highest BCUT2D eigenvalue weighted by atomic mass is 32.1. The van der Waals surface area contributed by atoms with Crippen LogP contribution in [0.4, 0.5) is 5.95 Å². The number of rotatable bonds is 2. The predicted octanol–water partition coefficient (Wildman–Crippen LogP) is 1.28. The van der Waals surface area contributed by atoms with Gasteiger partial charge >= 0.3 is 0 Å². The molecule has 0 saturated heterocycles. The standard InChI is InChI=1S/C8H10N4S/c1-6-5-13-7(11-6)4-12-3-2-10-8(12)9/h2-3,5H,4H2,1H3,(H2,9,10). The zero-order valence-corrected chi connectivity index (χ0v) is 8.08. The Morgan fingerprint density at radius 1 is 1.62 bits per heavy atom. The first-order chi connectivity index (χ1) is 6.25. The molecule has 0 spiro atoms. The first-order valence-corrected chi connectivity index (χ1v) is 4.81. The molecule has 2 rings (SSSR count). The number of imidazole rings is 1. The van der Waals surface area contributed by atoms with E-state index in [2.05, 4.69) is 9.97 Å². The fraction of sp³-hybridized carbons (Fsp3) is 0.250. The van der Waals surface area contributed by atoms with Gasteiger partial charge < -0.3 is 10.3 Å². The third-order valence-electron chi connectivity index (χ3n) is 1.72. The second-order valence-corrected chi connectivity index (χ2v) is 3.74. The van der Waals surface area contributed by atoms with E-state index in [1.807, 2.05) is 23.1 Å². The summed E-state index contributed by atoms with van der Waals surface area (Å²) in [6, 6.07) is 0. The first-order valence-electron chi connectivity index (χ1n) is 3.93. The summed E-state index contributed by atoms with van der Waals surface area (Å²) in [5.74, 6) is 0.535. The Balaban J connectivity index is 2.19.